The fraction of sp³-hybridized carbons (Fsp3) is 0.269. The Labute approximate surface area is 186 Å². The second kappa shape index (κ2) is 8.46. The van der Waals surface area contributed by atoms with E-state index in [0.717, 1.165) is 27.8 Å². The van der Waals surface area contributed by atoms with Gasteiger partial charge in [0.25, 0.3) is 0 Å². The van der Waals surface area contributed by atoms with Gasteiger partial charge >= 0.3 is 12.1 Å². The lowest BCUT2D eigenvalue weighted by Crippen LogP contribution is -2.44. The molecule has 6 nitrogen and oxygen atoms in total. The maximum atomic E-state index is 13.0. The van der Waals surface area contributed by atoms with Crippen molar-refractivity contribution in [1.29, 1.82) is 0 Å². The molecule has 3 aromatic rings. The number of carboxylic acids is 1. The Morgan fingerprint density at radius 1 is 0.969 bits per heavy atom. The van der Waals surface area contributed by atoms with Crippen molar-refractivity contribution in [3.05, 3.63) is 89.7 Å². The average Bonchev–Trinajstić information content (AvgIpc) is 3.38. The van der Waals surface area contributed by atoms with Crippen LogP contribution < -0.4 is 0 Å². The predicted molar refractivity (Wildman–Crippen MR) is 119 cm³/mol. The smallest absolute Gasteiger partial charge is 0.410 e. The van der Waals surface area contributed by atoms with E-state index in [2.05, 4.69) is 29.2 Å². The maximum absolute atomic E-state index is 13.0. The van der Waals surface area contributed by atoms with Gasteiger partial charge in [0, 0.05) is 24.9 Å². The van der Waals surface area contributed by atoms with Crippen LogP contribution in [0.3, 0.4) is 0 Å². The van der Waals surface area contributed by atoms with E-state index < -0.39 is 18.1 Å². The van der Waals surface area contributed by atoms with Crippen LogP contribution in [0, 0.1) is 5.92 Å². The van der Waals surface area contributed by atoms with Gasteiger partial charge in [0.2, 0.25) is 0 Å². The summed E-state index contributed by atoms with van der Waals surface area (Å²) in [7, 11) is 0. The molecule has 1 N–H and O–H groups in total. The monoisotopic (exact) mass is 428 g/mol. The summed E-state index contributed by atoms with van der Waals surface area (Å²) in [5.41, 5.74) is 5.60. The van der Waals surface area contributed by atoms with E-state index in [1.165, 1.54) is 4.90 Å². The summed E-state index contributed by atoms with van der Waals surface area (Å²) in [6.45, 7) is 0.564. The molecule has 32 heavy (non-hydrogen) atoms. The summed E-state index contributed by atoms with van der Waals surface area (Å²) in [5.74, 6) is -1.20. The Morgan fingerprint density at radius 2 is 1.59 bits per heavy atom. The summed E-state index contributed by atoms with van der Waals surface area (Å²) in [6.07, 6.45) is 4.06. The lowest BCUT2D eigenvalue weighted by Gasteiger charge is -2.25. The van der Waals surface area contributed by atoms with Gasteiger partial charge in [-0.25, -0.2) is 9.59 Å². The van der Waals surface area contributed by atoms with E-state index in [-0.39, 0.29) is 18.4 Å². The second-order valence-electron chi connectivity index (χ2n) is 8.39. The first kappa shape index (κ1) is 20.2. The molecule has 1 aliphatic carbocycles. The fourth-order valence-electron chi connectivity index (χ4n) is 5.11. The number of fused-ring (bicyclic) bond motifs is 3. The number of aliphatic carboxylic acids is 1. The third kappa shape index (κ3) is 3.62. The van der Waals surface area contributed by atoms with Crippen molar-refractivity contribution in [3.8, 4) is 11.1 Å². The van der Waals surface area contributed by atoms with Gasteiger partial charge in [-0.1, -0.05) is 48.5 Å². The van der Waals surface area contributed by atoms with Gasteiger partial charge in [-0.3, -0.25) is 9.88 Å². The fourth-order valence-corrected chi connectivity index (χ4v) is 5.11. The summed E-state index contributed by atoms with van der Waals surface area (Å²) in [4.78, 5) is 30.4. The van der Waals surface area contributed by atoms with Crippen LogP contribution in [0.25, 0.3) is 11.1 Å². The van der Waals surface area contributed by atoms with Gasteiger partial charge in [0.05, 0.1) is 0 Å². The van der Waals surface area contributed by atoms with Crippen molar-refractivity contribution in [2.45, 2.75) is 24.8 Å². The molecule has 6 heteroatoms. The molecular formula is C26H24N2O4. The normalized spacial score (nSPS) is 19.4. The van der Waals surface area contributed by atoms with Crippen molar-refractivity contribution in [1.82, 2.24) is 9.88 Å². The van der Waals surface area contributed by atoms with Gasteiger partial charge < -0.3 is 9.84 Å². The topological polar surface area (TPSA) is 79.7 Å². The van der Waals surface area contributed by atoms with E-state index in [1.54, 1.807) is 12.4 Å². The van der Waals surface area contributed by atoms with E-state index in [0.29, 0.717) is 19.4 Å². The number of carboxylic acid groups (broad SMARTS) is 1. The molecule has 2 atom stereocenters. The van der Waals surface area contributed by atoms with Crippen LogP contribution in [0.1, 0.15) is 29.0 Å². The zero-order valence-electron chi connectivity index (χ0n) is 17.6. The Kier molecular flexibility index (Phi) is 5.35. The molecule has 0 radical (unpaired) electrons. The van der Waals surface area contributed by atoms with Gasteiger partial charge in [0.1, 0.15) is 12.6 Å². The van der Waals surface area contributed by atoms with Crippen LogP contribution in [0.15, 0.2) is 73.1 Å². The first-order valence-corrected chi connectivity index (χ1v) is 10.9. The van der Waals surface area contributed by atoms with Crippen molar-refractivity contribution in [2.24, 2.45) is 5.92 Å². The summed E-state index contributed by atoms with van der Waals surface area (Å²) in [6, 6.07) is 19.2. The molecule has 2 aromatic carbocycles. The first-order valence-electron chi connectivity index (χ1n) is 10.9. The molecule has 1 aliphatic heterocycles. The Morgan fingerprint density at radius 3 is 2.22 bits per heavy atom. The third-order valence-electron chi connectivity index (χ3n) is 6.59. The molecule has 1 aromatic heterocycles. The molecule has 1 saturated heterocycles. The molecule has 1 amide bonds. The molecule has 0 unspecified atom stereocenters. The molecule has 1 fully saturated rings. The minimum absolute atomic E-state index is 0.0511. The summed E-state index contributed by atoms with van der Waals surface area (Å²) < 4.78 is 5.72. The van der Waals surface area contributed by atoms with Crippen molar-refractivity contribution in [3.63, 3.8) is 0 Å². The molecule has 2 aliphatic rings. The third-order valence-corrected chi connectivity index (χ3v) is 6.59. The standard InChI is InChI=1S/C26H24N2O4/c29-25(30)24-18(15-17-9-12-27-13-10-17)11-14-28(24)26(31)32-16-23-21-7-3-1-5-19(21)20-6-2-4-8-22(20)23/h1-10,12-13,18,23-24H,11,14-16H2,(H,29,30)/t18-,24-/m1/s1. The number of aromatic nitrogens is 1. The molecule has 0 saturated carbocycles. The lowest BCUT2D eigenvalue weighted by molar-refractivity contribution is -0.143. The number of carbonyl (C=O) groups is 2. The van der Waals surface area contributed by atoms with E-state index in [4.69, 9.17) is 4.74 Å². The van der Waals surface area contributed by atoms with Gasteiger partial charge in [-0.2, -0.15) is 0 Å². The summed E-state index contributed by atoms with van der Waals surface area (Å²) in [5, 5.41) is 9.86. The first-order chi connectivity index (χ1) is 15.6. The minimum Gasteiger partial charge on any atom is -0.480 e. The number of pyridine rings is 1. The molecule has 0 bridgehead atoms. The number of likely N-dealkylation sites (tertiary alicyclic amines) is 1. The Balaban J connectivity index is 1.30. The van der Waals surface area contributed by atoms with E-state index >= 15 is 0 Å². The van der Waals surface area contributed by atoms with Crippen LogP contribution in [-0.2, 0) is 16.0 Å². The van der Waals surface area contributed by atoms with Crippen LogP contribution in [0.4, 0.5) is 4.79 Å². The highest BCUT2D eigenvalue weighted by molar-refractivity contribution is 5.82. The zero-order chi connectivity index (χ0) is 22.1. The van der Waals surface area contributed by atoms with Crippen LogP contribution in [0.5, 0.6) is 0 Å². The highest BCUT2D eigenvalue weighted by atomic mass is 16.6. The van der Waals surface area contributed by atoms with Crippen molar-refractivity contribution >= 4 is 12.1 Å². The maximum Gasteiger partial charge on any atom is 0.410 e. The highest BCUT2D eigenvalue weighted by Gasteiger charge is 2.43. The molecule has 0 spiro atoms. The zero-order valence-corrected chi connectivity index (χ0v) is 17.6. The van der Waals surface area contributed by atoms with Crippen LogP contribution in [-0.4, -0.2) is 46.2 Å². The Bertz CT molecular complexity index is 1100. The number of hydrogen-bond donors (Lipinski definition) is 1. The number of carbonyl (C=O) groups excluding carboxylic acids is 1. The number of nitrogens with zero attached hydrogens (tertiary/aromatic N) is 2. The average molecular weight is 428 g/mol. The number of hydrogen-bond acceptors (Lipinski definition) is 4. The highest BCUT2D eigenvalue weighted by Crippen LogP contribution is 2.44. The minimum atomic E-state index is -0.991. The predicted octanol–water partition coefficient (Wildman–Crippen LogP) is 4.35. The van der Waals surface area contributed by atoms with Crippen molar-refractivity contribution in [2.75, 3.05) is 13.2 Å². The Hall–Kier alpha value is -3.67. The van der Waals surface area contributed by atoms with E-state index in [9.17, 15) is 14.7 Å². The van der Waals surface area contributed by atoms with Gasteiger partial charge in [-0.05, 0) is 58.7 Å². The SMILES string of the molecule is O=C(O)[C@H]1[C@@H](Cc2ccncc2)CCN1C(=O)OCC1c2ccccc2-c2ccccc21. The largest absolute Gasteiger partial charge is 0.480 e. The molecule has 2 heterocycles. The molecule has 162 valence electrons. The number of benzene rings is 2. The molecular weight excluding hydrogens is 404 g/mol. The van der Waals surface area contributed by atoms with Crippen molar-refractivity contribution < 1.29 is 19.4 Å². The van der Waals surface area contributed by atoms with Crippen LogP contribution >= 0.6 is 0 Å². The number of amides is 1. The van der Waals surface area contributed by atoms with Gasteiger partial charge in [0.15, 0.2) is 0 Å². The molecule has 5 rings (SSSR count). The second-order valence-corrected chi connectivity index (χ2v) is 8.39. The van der Waals surface area contributed by atoms with E-state index in [1.807, 2.05) is 36.4 Å². The van der Waals surface area contributed by atoms with Gasteiger partial charge in [-0.15, -0.1) is 0 Å². The number of rotatable bonds is 5. The summed E-state index contributed by atoms with van der Waals surface area (Å²) >= 11 is 0. The number of ether oxygens (including phenoxy) is 1. The quantitative estimate of drug-likeness (QED) is 0.654. The van der Waals surface area contributed by atoms with Crippen LogP contribution in [0.2, 0.25) is 0 Å². The lowest BCUT2D eigenvalue weighted by atomic mass is 9.93.